The summed E-state index contributed by atoms with van der Waals surface area (Å²) in [6, 6.07) is 14.1. The standard InChI is InChI=1S/C20H19N3O5S/c1-13-5-9-16(10-6-13)23-29(26,27)18-12-15(8-7-14(18)2)19(24)21-22-20(25)17-4-3-11-28-17/h3-12,23H,1-2H3,(H,21,24)(H,22,25). The van der Waals surface area contributed by atoms with Crippen molar-refractivity contribution < 1.29 is 22.4 Å². The zero-order valence-electron chi connectivity index (χ0n) is 15.7. The predicted octanol–water partition coefficient (Wildman–Crippen LogP) is 2.77. The van der Waals surface area contributed by atoms with Crippen LogP contribution in [0.1, 0.15) is 32.0 Å². The molecule has 0 aliphatic heterocycles. The normalized spacial score (nSPS) is 11.0. The minimum Gasteiger partial charge on any atom is -0.459 e. The molecule has 29 heavy (non-hydrogen) atoms. The monoisotopic (exact) mass is 413 g/mol. The lowest BCUT2D eigenvalue weighted by atomic mass is 10.1. The van der Waals surface area contributed by atoms with Gasteiger partial charge in [0, 0.05) is 11.3 Å². The molecule has 0 atom stereocenters. The SMILES string of the molecule is Cc1ccc(NS(=O)(=O)c2cc(C(=O)NNC(=O)c3ccco3)ccc2C)cc1. The molecule has 0 fully saturated rings. The van der Waals surface area contributed by atoms with Gasteiger partial charge in [-0.1, -0.05) is 23.8 Å². The molecule has 2 amide bonds. The maximum Gasteiger partial charge on any atom is 0.305 e. The number of carbonyl (C=O) groups excluding carboxylic acids is 2. The number of amides is 2. The van der Waals surface area contributed by atoms with E-state index in [9.17, 15) is 18.0 Å². The highest BCUT2D eigenvalue weighted by Gasteiger charge is 2.20. The fourth-order valence-corrected chi connectivity index (χ4v) is 3.85. The smallest absolute Gasteiger partial charge is 0.305 e. The summed E-state index contributed by atoms with van der Waals surface area (Å²) in [5.41, 5.74) is 6.39. The maximum absolute atomic E-state index is 12.8. The summed E-state index contributed by atoms with van der Waals surface area (Å²) >= 11 is 0. The maximum atomic E-state index is 12.8. The van der Waals surface area contributed by atoms with Gasteiger partial charge < -0.3 is 4.42 Å². The number of hydrogen-bond acceptors (Lipinski definition) is 5. The Morgan fingerprint density at radius 2 is 1.59 bits per heavy atom. The van der Waals surface area contributed by atoms with Gasteiger partial charge in [0.15, 0.2) is 5.76 Å². The van der Waals surface area contributed by atoms with Gasteiger partial charge in [0.25, 0.3) is 15.9 Å². The molecular weight excluding hydrogens is 394 g/mol. The highest BCUT2D eigenvalue weighted by molar-refractivity contribution is 7.92. The number of hydrazine groups is 1. The van der Waals surface area contributed by atoms with Gasteiger partial charge in [-0.2, -0.15) is 0 Å². The molecular formula is C20H19N3O5S. The zero-order chi connectivity index (χ0) is 21.0. The third-order valence-corrected chi connectivity index (χ3v) is 5.60. The van der Waals surface area contributed by atoms with E-state index in [0.717, 1.165) is 5.56 Å². The zero-order valence-corrected chi connectivity index (χ0v) is 16.5. The highest BCUT2D eigenvalue weighted by atomic mass is 32.2. The van der Waals surface area contributed by atoms with Gasteiger partial charge in [0.2, 0.25) is 0 Å². The molecule has 3 N–H and O–H groups in total. The minimum absolute atomic E-state index is 0.0276. The second-order valence-corrected chi connectivity index (χ2v) is 7.99. The number of rotatable bonds is 5. The van der Waals surface area contributed by atoms with Crippen molar-refractivity contribution in [2.45, 2.75) is 18.7 Å². The summed E-state index contributed by atoms with van der Waals surface area (Å²) in [6.45, 7) is 3.53. The summed E-state index contributed by atoms with van der Waals surface area (Å²) in [5, 5.41) is 0. The molecule has 150 valence electrons. The van der Waals surface area contributed by atoms with Gasteiger partial charge in [0.1, 0.15) is 0 Å². The number of furan rings is 1. The number of nitrogens with one attached hydrogen (secondary N) is 3. The molecule has 2 aromatic carbocycles. The molecule has 0 bridgehead atoms. The van der Waals surface area contributed by atoms with Gasteiger partial charge in [-0.05, 0) is 55.8 Å². The van der Waals surface area contributed by atoms with E-state index in [4.69, 9.17) is 4.42 Å². The van der Waals surface area contributed by atoms with Gasteiger partial charge in [-0.25, -0.2) is 8.42 Å². The third-order valence-electron chi connectivity index (χ3n) is 4.08. The first-order valence-electron chi connectivity index (χ1n) is 8.60. The van der Waals surface area contributed by atoms with Crippen molar-refractivity contribution in [3.05, 3.63) is 83.3 Å². The Labute approximate surface area is 168 Å². The van der Waals surface area contributed by atoms with Crippen LogP contribution in [0.5, 0.6) is 0 Å². The summed E-state index contributed by atoms with van der Waals surface area (Å²) in [4.78, 5) is 24.1. The van der Waals surface area contributed by atoms with Gasteiger partial charge in [0.05, 0.1) is 11.2 Å². The number of benzene rings is 2. The molecule has 3 aromatic rings. The van der Waals surface area contributed by atoms with Crippen LogP contribution >= 0.6 is 0 Å². The minimum atomic E-state index is -3.91. The lowest BCUT2D eigenvalue weighted by Gasteiger charge is -2.12. The molecule has 0 saturated heterocycles. The van der Waals surface area contributed by atoms with Crippen LogP contribution in [0.2, 0.25) is 0 Å². The first-order chi connectivity index (χ1) is 13.8. The van der Waals surface area contributed by atoms with E-state index in [1.807, 2.05) is 6.92 Å². The van der Waals surface area contributed by atoms with Crippen molar-refractivity contribution in [1.82, 2.24) is 10.9 Å². The molecule has 0 aliphatic carbocycles. The van der Waals surface area contributed by atoms with Crippen LogP contribution in [0.3, 0.4) is 0 Å². The van der Waals surface area contributed by atoms with Crippen molar-refractivity contribution in [1.29, 1.82) is 0 Å². The Kier molecular flexibility index (Phi) is 5.69. The van der Waals surface area contributed by atoms with Gasteiger partial charge in [-0.15, -0.1) is 0 Å². The van der Waals surface area contributed by atoms with E-state index in [0.29, 0.717) is 11.3 Å². The predicted molar refractivity (Wildman–Crippen MR) is 107 cm³/mol. The van der Waals surface area contributed by atoms with E-state index in [1.165, 1.54) is 36.6 Å². The second kappa shape index (κ2) is 8.19. The van der Waals surface area contributed by atoms with Crippen molar-refractivity contribution in [2.75, 3.05) is 4.72 Å². The van der Waals surface area contributed by atoms with E-state index >= 15 is 0 Å². The number of hydrogen-bond donors (Lipinski definition) is 3. The molecule has 8 nitrogen and oxygen atoms in total. The number of sulfonamides is 1. The van der Waals surface area contributed by atoms with Crippen LogP contribution in [-0.2, 0) is 10.0 Å². The average molecular weight is 413 g/mol. The van der Waals surface area contributed by atoms with E-state index < -0.39 is 21.8 Å². The first kappa shape index (κ1) is 20.2. The first-order valence-corrected chi connectivity index (χ1v) is 10.1. The Morgan fingerprint density at radius 1 is 0.897 bits per heavy atom. The molecule has 0 saturated carbocycles. The Bertz CT molecular complexity index is 1140. The van der Waals surface area contributed by atoms with Crippen molar-refractivity contribution in [3.8, 4) is 0 Å². The Morgan fingerprint density at radius 3 is 2.24 bits per heavy atom. The summed E-state index contributed by atoms with van der Waals surface area (Å²) in [7, 11) is -3.91. The topological polar surface area (TPSA) is 118 Å². The second-order valence-electron chi connectivity index (χ2n) is 6.34. The molecule has 0 radical (unpaired) electrons. The van der Waals surface area contributed by atoms with Gasteiger partial charge >= 0.3 is 5.91 Å². The fourth-order valence-electron chi connectivity index (χ4n) is 2.52. The van der Waals surface area contributed by atoms with Crippen LogP contribution in [0.25, 0.3) is 0 Å². The Balaban J connectivity index is 1.77. The summed E-state index contributed by atoms with van der Waals surface area (Å²) in [5.74, 6) is -1.28. The third kappa shape index (κ3) is 4.82. The lowest BCUT2D eigenvalue weighted by Crippen LogP contribution is -2.41. The van der Waals surface area contributed by atoms with Crippen molar-refractivity contribution in [3.63, 3.8) is 0 Å². The molecule has 1 aromatic heterocycles. The van der Waals surface area contributed by atoms with E-state index in [2.05, 4.69) is 15.6 Å². The van der Waals surface area contributed by atoms with Crippen LogP contribution in [-0.4, -0.2) is 20.2 Å². The molecule has 9 heteroatoms. The molecule has 1 heterocycles. The molecule has 0 aliphatic rings. The van der Waals surface area contributed by atoms with Crippen LogP contribution in [0.15, 0.2) is 70.2 Å². The van der Waals surface area contributed by atoms with Gasteiger partial charge in [-0.3, -0.25) is 25.2 Å². The molecule has 0 unspecified atom stereocenters. The molecule has 0 spiro atoms. The van der Waals surface area contributed by atoms with Crippen LogP contribution in [0, 0.1) is 13.8 Å². The quantitative estimate of drug-likeness (QED) is 0.556. The van der Waals surface area contributed by atoms with E-state index in [-0.39, 0.29) is 16.2 Å². The lowest BCUT2D eigenvalue weighted by molar-refractivity contribution is 0.0831. The average Bonchev–Trinajstić information content (AvgIpc) is 3.22. The number of anilines is 1. The number of carbonyl (C=O) groups is 2. The van der Waals surface area contributed by atoms with E-state index in [1.54, 1.807) is 31.2 Å². The number of aryl methyl sites for hydroxylation is 2. The van der Waals surface area contributed by atoms with Crippen molar-refractivity contribution >= 4 is 27.5 Å². The largest absolute Gasteiger partial charge is 0.459 e. The van der Waals surface area contributed by atoms with Crippen molar-refractivity contribution in [2.24, 2.45) is 0 Å². The summed E-state index contributed by atoms with van der Waals surface area (Å²) in [6.07, 6.45) is 1.33. The highest BCUT2D eigenvalue weighted by Crippen LogP contribution is 2.21. The van der Waals surface area contributed by atoms with Crippen LogP contribution in [0.4, 0.5) is 5.69 Å². The molecule has 3 rings (SSSR count). The van der Waals surface area contributed by atoms with Crippen LogP contribution < -0.4 is 15.6 Å². The summed E-state index contributed by atoms with van der Waals surface area (Å²) < 4.78 is 33.0. The Hall–Kier alpha value is -3.59. The fraction of sp³-hybridized carbons (Fsp3) is 0.100.